The summed E-state index contributed by atoms with van der Waals surface area (Å²) in [5, 5.41) is 3.30. The minimum Gasteiger partial charge on any atom is -0.493 e. The molecule has 0 unspecified atom stereocenters. The third-order valence-electron chi connectivity index (χ3n) is 4.52. The monoisotopic (exact) mass is 304 g/mol. The molecule has 1 fully saturated rings. The predicted molar refractivity (Wildman–Crippen MR) is 93.3 cm³/mol. The van der Waals surface area contributed by atoms with Gasteiger partial charge < -0.3 is 10.1 Å². The number of ether oxygens (including phenoxy) is 1. The van der Waals surface area contributed by atoms with Crippen molar-refractivity contribution in [1.82, 2.24) is 10.2 Å². The van der Waals surface area contributed by atoms with Gasteiger partial charge in [-0.25, -0.2) is 0 Å². The van der Waals surface area contributed by atoms with Crippen molar-refractivity contribution in [3.05, 3.63) is 29.8 Å². The van der Waals surface area contributed by atoms with E-state index in [9.17, 15) is 0 Å². The molecule has 3 heteroatoms. The van der Waals surface area contributed by atoms with E-state index in [1.165, 1.54) is 31.5 Å². The molecule has 0 saturated carbocycles. The fraction of sp³-hybridized carbons (Fsp3) is 0.684. The highest BCUT2D eigenvalue weighted by molar-refractivity contribution is 5.33. The van der Waals surface area contributed by atoms with Crippen LogP contribution in [0.15, 0.2) is 24.3 Å². The van der Waals surface area contributed by atoms with Gasteiger partial charge in [0.1, 0.15) is 5.75 Å². The lowest BCUT2D eigenvalue weighted by Gasteiger charge is -2.32. The Balaban J connectivity index is 1.84. The molecule has 1 aliphatic heterocycles. The first-order valence-corrected chi connectivity index (χ1v) is 8.76. The first-order valence-electron chi connectivity index (χ1n) is 8.76. The summed E-state index contributed by atoms with van der Waals surface area (Å²) in [6, 6.07) is 8.53. The number of nitrogens with one attached hydrogen (secondary N) is 1. The van der Waals surface area contributed by atoms with E-state index >= 15 is 0 Å². The van der Waals surface area contributed by atoms with E-state index in [-0.39, 0.29) is 0 Å². The fourth-order valence-electron chi connectivity index (χ4n) is 3.06. The number of hydrogen-bond acceptors (Lipinski definition) is 3. The SMILES string of the molecule is CNCC1CCN(Cc2ccccc2OCCC(C)C)CC1. The molecule has 0 amide bonds. The molecule has 1 aliphatic rings. The van der Waals surface area contributed by atoms with Crippen LogP contribution in [-0.2, 0) is 6.54 Å². The molecular weight excluding hydrogens is 272 g/mol. The van der Waals surface area contributed by atoms with Gasteiger partial charge in [-0.15, -0.1) is 0 Å². The smallest absolute Gasteiger partial charge is 0.123 e. The number of likely N-dealkylation sites (tertiary alicyclic amines) is 1. The van der Waals surface area contributed by atoms with Gasteiger partial charge in [-0.2, -0.15) is 0 Å². The zero-order chi connectivity index (χ0) is 15.8. The van der Waals surface area contributed by atoms with Crippen LogP contribution >= 0.6 is 0 Å². The lowest BCUT2D eigenvalue weighted by atomic mass is 9.96. The van der Waals surface area contributed by atoms with Gasteiger partial charge in [0.15, 0.2) is 0 Å². The van der Waals surface area contributed by atoms with Gasteiger partial charge in [-0.3, -0.25) is 4.90 Å². The summed E-state index contributed by atoms with van der Waals surface area (Å²) in [6.45, 7) is 9.88. The molecule has 0 bridgehead atoms. The molecule has 0 aliphatic carbocycles. The highest BCUT2D eigenvalue weighted by Gasteiger charge is 2.19. The molecule has 1 heterocycles. The van der Waals surface area contributed by atoms with Crippen molar-refractivity contribution in [2.24, 2.45) is 11.8 Å². The van der Waals surface area contributed by atoms with E-state index in [1.54, 1.807) is 0 Å². The van der Waals surface area contributed by atoms with E-state index in [2.05, 4.69) is 55.4 Å². The van der Waals surface area contributed by atoms with E-state index < -0.39 is 0 Å². The molecule has 3 nitrogen and oxygen atoms in total. The summed E-state index contributed by atoms with van der Waals surface area (Å²) in [4.78, 5) is 2.57. The average Bonchev–Trinajstić information content (AvgIpc) is 2.51. The van der Waals surface area contributed by atoms with Gasteiger partial charge in [0, 0.05) is 12.1 Å². The topological polar surface area (TPSA) is 24.5 Å². The normalized spacial score (nSPS) is 17.1. The fourth-order valence-corrected chi connectivity index (χ4v) is 3.06. The van der Waals surface area contributed by atoms with E-state index in [1.807, 2.05) is 0 Å². The van der Waals surface area contributed by atoms with Crippen LogP contribution in [0.5, 0.6) is 5.75 Å². The van der Waals surface area contributed by atoms with Gasteiger partial charge in [-0.1, -0.05) is 32.0 Å². The number of benzene rings is 1. The van der Waals surface area contributed by atoms with Gasteiger partial charge in [0.2, 0.25) is 0 Å². The maximum atomic E-state index is 6.01. The number of hydrogen-bond donors (Lipinski definition) is 1. The Kier molecular flexibility index (Phi) is 7.20. The van der Waals surface area contributed by atoms with E-state index in [4.69, 9.17) is 4.74 Å². The Morgan fingerprint density at radius 1 is 1.23 bits per heavy atom. The Bertz CT molecular complexity index is 425. The van der Waals surface area contributed by atoms with Crippen LogP contribution in [0.1, 0.15) is 38.7 Å². The Morgan fingerprint density at radius 3 is 2.64 bits per heavy atom. The summed E-state index contributed by atoms with van der Waals surface area (Å²) in [7, 11) is 2.05. The average molecular weight is 304 g/mol. The standard InChI is InChI=1S/C19H32N2O/c1-16(2)10-13-22-19-7-5-4-6-18(19)15-21-11-8-17(9-12-21)14-20-3/h4-7,16-17,20H,8-15H2,1-3H3. The van der Waals surface area contributed by atoms with Crippen molar-refractivity contribution >= 4 is 0 Å². The summed E-state index contributed by atoms with van der Waals surface area (Å²) in [5.41, 5.74) is 1.33. The number of piperidine rings is 1. The van der Waals surface area contributed by atoms with Gasteiger partial charge >= 0.3 is 0 Å². The minimum absolute atomic E-state index is 0.693. The van der Waals surface area contributed by atoms with E-state index in [0.29, 0.717) is 5.92 Å². The second kappa shape index (κ2) is 9.16. The van der Waals surface area contributed by atoms with Gasteiger partial charge in [0.25, 0.3) is 0 Å². The molecule has 1 N–H and O–H groups in total. The van der Waals surface area contributed by atoms with Gasteiger partial charge in [0.05, 0.1) is 6.61 Å². The van der Waals surface area contributed by atoms with Crippen molar-refractivity contribution in [3.8, 4) is 5.75 Å². The maximum Gasteiger partial charge on any atom is 0.123 e. The molecule has 1 aromatic carbocycles. The van der Waals surface area contributed by atoms with Crippen molar-refractivity contribution in [1.29, 1.82) is 0 Å². The Hall–Kier alpha value is -1.06. The molecule has 1 saturated heterocycles. The third kappa shape index (κ3) is 5.62. The summed E-state index contributed by atoms with van der Waals surface area (Å²) >= 11 is 0. The molecule has 2 rings (SSSR count). The zero-order valence-corrected chi connectivity index (χ0v) is 14.5. The molecule has 124 valence electrons. The summed E-state index contributed by atoms with van der Waals surface area (Å²) in [6.07, 6.45) is 3.72. The van der Waals surface area contributed by atoms with Crippen molar-refractivity contribution in [2.75, 3.05) is 33.3 Å². The molecule has 0 aromatic heterocycles. The quantitative estimate of drug-likeness (QED) is 0.795. The lowest BCUT2D eigenvalue weighted by molar-refractivity contribution is 0.174. The van der Waals surface area contributed by atoms with Crippen molar-refractivity contribution < 1.29 is 4.74 Å². The van der Waals surface area contributed by atoms with E-state index in [0.717, 1.165) is 37.8 Å². The molecular formula is C19H32N2O. The van der Waals surface area contributed by atoms with Crippen LogP contribution in [-0.4, -0.2) is 38.2 Å². The van der Waals surface area contributed by atoms with Gasteiger partial charge in [-0.05, 0) is 63.8 Å². The second-order valence-corrected chi connectivity index (χ2v) is 6.92. The largest absolute Gasteiger partial charge is 0.493 e. The first-order chi connectivity index (χ1) is 10.7. The van der Waals surface area contributed by atoms with Crippen LogP contribution < -0.4 is 10.1 Å². The first kappa shape index (κ1) is 17.3. The number of nitrogens with zero attached hydrogens (tertiary/aromatic N) is 1. The summed E-state index contributed by atoms with van der Waals surface area (Å²) in [5.74, 6) is 2.61. The predicted octanol–water partition coefficient (Wildman–Crippen LogP) is 3.54. The molecule has 0 radical (unpaired) electrons. The Morgan fingerprint density at radius 2 is 1.95 bits per heavy atom. The Labute approximate surface area is 136 Å². The number of rotatable bonds is 8. The van der Waals surface area contributed by atoms with Crippen molar-refractivity contribution in [3.63, 3.8) is 0 Å². The summed E-state index contributed by atoms with van der Waals surface area (Å²) < 4.78 is 6.01. The van der Waals surface area contributed by atoms with Crippen LogP contribution in [0.3, 0.4) is 0 Å². The lowest BCUT2D eigenvalue weighted by Crippen LogP contribution is -2.36. The third-order valence-corrected chi connectivity index (χ3v) is 4.52. The highest BCUT2D eigenvalue weighted by atomic mass is 16.5. The highest BCUT2D eigenvalue weighted by Crippen LogP contribution is 2.23. The van der Waals surface area contributed by atoms with Crippen LogP contribution in [0.4, 0.5) is 0 Å². The maximum absolute atomic E-state index is 6.01. The second-order valence-electron chi connectivity index (χ2n) is 6.92. The van der Waals surface area contributed by atoms with Crippen LogP contribution in [0, 0.1) is 11.8 Å². The van der Waals surface area contributed by atoms with Crippen LogP contribution in [0.2, 0.25) is 0 Å². The minimum atomic E-state index is 0.693. The van der Waals surface area contributed by atoms with Crippen LogP contribution in [0.25, 0.3) is 0 Å². The van der Waals surface area contributed by atoms with Crippen molar-refractivity contribution in [2.45, 2.75) is 39.7 Å². The zero-order valence-electron chi connectivity index (χ0n) is 14.5. The molecule has 22 heavy (non-hydrogen) atoms. The molecule has 0 spiro atoms. The molecule has 1 aromatic rings. The molecule has 0 atom stereocenters. The number of para-hydroxylation sites is 1.